The van der Waals surface area contributed by atoms with Gasteiger partial charge in [-0.25, -0.2) is 4.68 Å². The molecule has 11 nitrogen and oxygen atoms in total. The molecule has 8 rings (SSSR count). The van der Waals surface area contributed by atoms with Gasteiger partial charge in [-0.05, 0) is 68.9 Å². The predicted octanol–water partition coefficient (Wildman–Crippen LogP) is 2.95. The van der Waals surface area contributed by atoms with E-state index in [1.54, 1.807) is 15.9 Å². The Labute approximate surface area is 250 Å². The fourth-order valence-corrected chi connectivity index (χ4v) is 7.97. The lowest BCUT2D eigenvalue weighted by atomic mass is 9.82. The largest absolute Gasteiger partial charge is 0.492 e. The fourth-order valence-electron chi connectivity index (χ4n) is 7.97. The van der Waals surface area contributed by atoms with Gasteiger partial charge in [-0.15, -0.1) is 0 Å². The molecule has 0 spiro atoms. The number of rotatable bonds is 6. The van der Waals surface area contributed by atoms with Gasteiger partial charge < -0.3 is 19.7 Å². The van der Waals surface area contributed by atoms with E-state index in [4.69, 9.17) is 14.6 Å². The van der Waals surface area contributed by atoms with E-state index in [1.807, 2.05) is 23.7 Å². The van der Waals surface area contributed by atoms with Crippen LogP contribution in [0.25, 0.3) is 0 Å². The number of benzene rings is 1. The molecule has 2 saturated carbocycles. The van der Waals surface area contributed by atoms with Crippen molar-refractivity contribution in [2.75, 3.05) is 31.3 Å². The van der Waals surface area contributed by atoms with Gasteiger partial charge in [0.2, 0.25) is 0 Å². The SMILES string of the molecule is CCN1C(=O)C(NC(=O)c2cccc3c2OCC3)C(C2CC2)c2c(C(=O)N3C(C#N)CC4CC43)nn(C3CCOCC3)c21. The zero-order chi connectivity index (χ0) is 29.4. The first-order valence-corrected chi connectivity index (χ1v) is 15.8. The van der Waals surface area contributed by atoms with Crippen molar-refractivity contribution in [1.29, 1.82) is 5.26 Å². The molecule has 1 aromatic carbocycles. The quantitative estimate of drug-likeness (QED) is 0.553. The highest BCUT2D eigenvalue weighted by atomic mass is 16.5. The molecule has 2 aromatic rings. The van der Waals surface area contributed by atoms with Crippen molar-refractivity contribution >= 4 is 23.5 Å². The normalized spacial score (nSPS) is 29.4. The molecule has 5 atom stereocenters. The van der Waals surface area contributed by atoms with Crippen molar-refractivity contribution < 1.29 is 23.9 Å². The zero-order valence-corrected chi connectivity index (χ0v) is 24.3. The number of aromatic nitrogens is 2. The molecular weight excluding hydrogens is 548 g/mol. The molecule has 5 unspecified atom stereocenters. The van der Waals surface area contributed by atoms with Crippen molar-refractivity contribution in [1.82, 2.24) is 20.0 Å². The molecule has 4 aliphatic heterocycles. The third-order valence-electron chi connectivity index (χ3n) is 10.3. The first-order chi connectivity index (χ1) is 21.0. The minimum absolute atomic E-state index is 0.0139. The number of nitrogens with zero attached hydrogens (tertiary/aromatic N) is 5. The molecule has 4 fully saturated rings. The number of para-hydroxylation sites is 1. The average molecular weight is 585 g/mol. The van der Waals surface area contributed by atoms with E-state index in [-0.39, 0.29) is 35.7 Å². The van der Waals surface area contributed by atoms with Crippen LogP contribution in [0.2, 0.25) is 0 Å². The van der Waals surface area contributed by atoms with Crippen LogP contribution in [0.3, 0.4) is 0 Å². The second-order valence-corrected chi connectivity index (χ2v) is 12.8. The van der Waals surface area contributed by atoms with Crippen LogP contribution in [-0.2, 0) is 16.0 Å². The highest BCUT2D eigenvalue weighted by molar-refractivity contribution is 6.07. The number of likely N-dealkylation sites (N-methyl/N-ethyl adjacent to an activating group) is 1. The number of carbonyl (C=O) groups is 3. The van der Waals surface area contributed by atoms with E-state index in [0.717, 1.165) is 49.7 Å². The number of anilines is 1. The van der Waals surface area contributed by atoms with Crippen LogP contribution in [0, 0.1) is 23.2 Å². The summed E-state index contributed by atoms with van der Waals surface area (Å²) in [6, 6.07) is 6.63. The van der Waals surface area contributed by atoms with Gasteiger partial charge in [-0.1, -0.05) is 12.1 Å². The van der Waals surface area contributed by atoms with Gasteiger partial charge in [0.1, 0.15) is 23.7 Å². The molecule has 1 aromatic heterocycles. The summed E-state index contributed by atoms with van der Waals surface area (Å²) in [4.78, 5) is 46.1. The molecule has 2 aliphatic carbocycles. The van der Waals surface area contributed by atoms with E-state index < -0.39 is 18.0 Å². The molecule has 11 heteroatoms. The molecule has 0 radical (unpaired) electrons. The van der Waals surface area contributed by atoms with E-state index in [1.165, 1.54) is 0 Å². The smallest absolute Gasteiger partial charge is 0.276 e. The summed E-state index contributed by atoms with van der Waals surface area (Å²) in [6.07, 6.45) is 5.64. The van der Waals surface area contributed by atoms with Gasteiger partial charge in [-0.3, -0.25) is 19.3 Å². The lowest BCUT2D eigenvalue weighted by molar-refractivity contribution is -0.121. The maximum atomic E-state index is 14.4. The summed E-state index contributed by atoms with van der Waals surface area (Å²) >= 11 is 0. The average Bonchev–Trinajstić information content (AvgIpc) is 3.88. The van der Waals surface area contributed by atoms with Crippen LogP contribution in [-0.4, -0.2) is 76.9 Å². The van der Waals surface area contributed by atoms with Gasteiger partial charge in [-0.2, -0.15) is 10.4 Å². The molecule has 1 N–H and O–H groups in total. The number of hydrogen-bond donors (Lipinski definition) is 1. The summed E-state index contributed by atoms with van der Waals surface area (Å²) < 4.78 is 13.3. The zero-order valence-electron chi connectivity index (χ0n) is 24.3. The number of carbonyl (C=O) groups excluding carboxylic acids is 3. The maximum absolute atomic E-state index is 14.4. The molecular formula is C32H36N6O5. The number of amides is 3. The molecule has 3 amide bonds. The summed E-state index contributed by atoms with van der Waals surface area (Å²) in [5, 5.41) is 18.0. The Morgan fingerprint density at radius 3 is 2.67 bits per heavy atom. The van der Waals surface area contributed by atoms with E-state index >= 15 is 0 Å². The third kappa shape index (κ3) is 4.17. The number of fused-ring (bicyclic) bond motifs is 3. The highest BCUT2D eigenvalue weighted by Gasteiger charge is 2.57. The second kappa shape index (κ2) is 10.1. The third-order valence-corrected chi connectivity index (χ3v) is 10.3. The van der Waals surface area contributed by atoms with Gasteiger partial charge in [0.05, 0.1) is 24.3 Å². The molecule has 43 heavy (non-hydrogen) atoms. The molecule has 0 bridgehead atoms. The molecule has 6 aliphatic rings. The lowest BCUT2D eigenvalue weighted by Gasteiger charge is -2.39. The number of hydrogen-bond acceptors (Lipinski definition) is 7. The van der Waals surface area contributed by atoms with Crippen LogP contribution in [0.4, 0.5) is 5.82 Å². The Hall–Kier alpha value is -3.91. The Balaban J connectivity index is 1.24. The van der Waals surface area contributed by atoms with Crippen LogP contribution < -0.4 is 15.0 Å². The van der Waals surface area contributed by atoms with Crippen LogP contribution in [0.15, 0.2) is 18.2 Å². The Morgan fingerprint density at radius 2 is 1.93 bits per heavy atom. The van der Waals surface area contributed by atoms with Gasteiger partial charge in [0.25, 0.3) is 17.7 Å². The van der Waals surface area contributed by atoms with E-state index in [9.17, 15) is 19.6 Å². The Morgan fingerprint density at radius 1 is 1.12 bits per heavy atom. The van der Waals surface area contributed by atoms with E-state index in [2.05, 4.69) is 11.4 Å². The minimum Gasteiger partial charge on any atom is -0.492 e. The summed E-state index contributed by atoms with van der Waals surface area (Å²) in [5.74, 6) is 0.620. The summed E-state index contributed by atoms with van der Waals surface area (Å²) in [7, 11) is 0. The van der Waals surface area contributed by atoms with Crippen molar-refractivity contribution in [3.63, 3.8) is 0 Å². The fraction of sp³-hybridized carbons (Fsp3) is 0.594. The van der Waals surface area contributed by atoms with Crippen molar-refractivity contribution in [3.8, 4) is 11.8 Å². The topological polar surface area (TPSA) is 130 Å². The van der Waals surface area contributed by atoms with Crippen molar-refractivity contribution in [3.05, 3.63) is 40.6 Å². The second-order valence-electron chi connectivity index (χ2n) is 12.8. The summed E-state index contributed by atoms with van der Waals surface area (Å²) in [6.45, 7) is 3.99. The van der Waals surface area contributed by atoms with Crippen LogP contribution >= 0.6 is 0 Å². The Kier molecular flexibility index (Phi) is 6.26. The van der Waals surface area contributed by atoms with Gasteiger partial charge in [0.15, 0.2) is 5.69 Å². The standard InChI is InChI=1S/C32H36N6O5/c1-2-36-30-25(24(17-6-7-17)26(31(36)40)34-29(39)22-5-3-4-18-8-13-43-28(18)22)27(35-38(30)20-9-11-42-12-10-20)32(41)37-21(16-33)14-19-15-23(19)37/h3-5,17,19-21,23-24,26H,2,6-15H2,1H3,(H,34,39). The maximum Gasteiger partial charge on any atom is 0.276 e. The van der Waals surface area contributed by atoms with Crippen LogP contribution in [0.1, 0.15) is 89.4 Å². The monoisotopic (exact) mass is 584 g/mol. The minimum atomic E-state index is -0.845. The summed E-state index contributed by atoms with van der Waals surface area (Å²) in [5.41, 5.74) is 2.50. The predicted molar refractivity (Wildman–Crippen MR) is 154 cm³/mol. The number of ether oxygens (including phenoxy) is 2. The highest BCUT2D eigenvalue weighted by Crippen LogP contribution is 2.53. The molecule has 2 saturated heterocycles. The first kappa shape index (κ1) is 26.7. The number of likely N-dealkylation sites (tertiary alicyclic amines) is 1. The van der Waals surface area contributed by atoms with Gasteiger partial charge >= 0.3 is 0 Å². The number of nitriles is 1. The molecule has 5 heterocycles. The lowest BCUT2D eigenvalue weighted by Crippen LogP contribution is -2.56. The van der Waals surface area contributed by atoms with Gasteiger partial charge in [0, 0.05) is 43.7 Å². The Bertz CT molecular complexity index is 1550. The molecule has 224 valence electrons. The van der Waals surface area contributed by atoms with E-state index in [0.29, 0.717) is 61.5 Å². The number of nitrogens with one attached hydrogen (secondary N) is 1. The first-order valence-electron chi connectivity index (χ1n) is 15.8. The van der Waals surface area contributed by atoms with Crippen LogP contribution in [0.5, 0.6) is 5.75 Å². The number of piperidine rings is 1. The van der Waals surface area contributed by atoms with Crippen molar-refractivity contribution in [2.24, 2.45) is 11.8 Å². The van der Waals surface area contributed by atoms with Crippen molar-refractivity contribution in [2.45, 2.75) is 82.0 Å².